The largest absolute Gasteiger partial charge is 0.434 e. The van der Waals surface area contributed by atoms with Crippen LogP contribution < -0.4 is 5.32 Å². The van der Waals surface area contributed by atoms with Gasteiger partial charge < -0.3 is 10.2 Å². The summed E-state index contributed by atoms with van der Waals surface area (Å²) in [5.41, 5.74) is 1.97. The molecule has 0 bridgehead atoms. The molecule has 1 fully saturated rings. The Morgan fingerprint density at radius 2 is 1.85 bits per heavy atom. The number of hydrogen-bond acceptors (Lipinski definition) is 4. The number of carbonyl (C=O) groups is 1. The Labute approximate surface area is 159 Å². The highest BCUT2D eigenvalue weighted by Crippen LogP contribution is 2.35. The zero-order chi connectivity index (χ0) is 19.6. The minimum absolute atomic E-state index is 0.0272. The number of pyridine rings is 1. The number of piperidine rings is 1. The van der Waals surface area contributed by atoms with E-state index in [1.54, 1.807) is 4.90 Å². The molecule has 2 aromatic heterocycles. The van der Waals surface area contributed by atoms with Crippen molar-refractivity contribution in [1.29, 1.82) is 0 Å². The Hall–Kier alpha value is -2.16. The maximum absolute atomic E-state index is 12.7. The summed E-state index contributed by atoms with van der Waals surface area (Å²) in [6.45, 7) is 5.25. The van der Waals surface area contributed by atoms with E-state index in [9.17, 15) is 18.0 Å². The molecule has 1 aliphatic rings. The van der Waals surface area contributed by atoms with Crippen molar-refractivity contribution < 1.29 is 18.0 Å². The van der Waals surface area contributed by atoms with Gasteiger partial charge in [0.1, 0.15) is 0 Å². The molecular weight excluding hydrogens is 377 g/mol. The van der Waals surface area contributed by atoms with Crippen molar-refractivity contribution in [2.24, 2.45) is 0 Å². The van der Waals surface area contributed by atoms with Crippen molar-refractivity contribution in [3.8, 4) is 0 Å². The number of aryl methyl sites for hydroxylation is 2. The summed E-state index contributed by atoms with van der Waals surface area (Å²) < 4.78 is 38.1. The Morgan fingerprint density at radius 1 is 1.22 bits per heavy atom. The molecule has 0 aromatic carbocycles. The van der Waals surface area contributed by atoms with Gasteiger partial charge in [-0.2, -0.15) is 13.2 Å². The minimum atomic E-state index is -4.40. The molecule has 0 atom stereocenters. The summed E-state index contributed by atoms with van der Waals surface area (Å²) in [6, 6.07) is 3.70. The van der Waals surface area contributed by atoms with E-state index < -0.39 is 11.9 Å². The number of hydrogen-bond donors (Lipinski definition) is 1. The number of alkyl halides is 3. The van der Waals surface area contributed by atoms with Crippen LogP contribution in [0.3, 0.4) is 0 Å². The quantitative estimate of drug-likeness (QED) is 0.840. The third kappa shape index (κ3) is 4.97. The molecule has 0 unspecified atom stereocenters. The first-order valence-corrected chi connectivity index (χ1v) is 9.60. The van der Waals surface area contributed by atoms with E-state index in [4.69, 9.17) is 0 Å². The fraction of sp³-hybridized carbons (Fsp3) is 0.500. The molecule has 1 aliphatic heterocycles. The van der Waals surface area contributed by atoms with Crippen LogP contribution in [0.4, 0.5) is 18.0 Å². The van der Waals surface area contributed by atoms with E-state index in [0.29, 0.717) is 37.5 Å². The van der Waals surface area contributed by atoms with Gasteiger partial charge in [-0.3, -0.25) is 4.98 Å². The van der Waals surface area contributed by atoms with Gasteiger partial charge in [0.25, 0.3) is 0 Å². The first-order chi connectivity index (χ1) is 12.7. The standard InChI is InChI=1S/C18H21F3N4OS/c1-11-7-13(8-12(2)23-11)9-22-17(26)25-5-3-14(4-6-25)16-24-15(10-27-16)18(19,20)21/h7-8,10,14H,3-6,9H2,1-2H3,(H,22,26). The third-order valence-corrected chi connectivity index (χ3v) is 5.54. The first kappa shape index (κ1) is 19.6. The monoisotopic (exact) mass is 398 g/mol. The van der Waals surface area contributed by atoms with Crippen LogP contribution in [0.5, 0.6) is 0 Å². The lowest BCUT2D eigenvalue weighted by Gasteiger charge is -2.31. The van der Waals surface area contributed by atoms with Crippen LogP contribution in [0.1, 0.15) is 46.4 Å². The van der Waals surface area contributed by atoms with Gasteiger partial charge in [0.2, 0.25) is 0 Å². The van der Waals surface area contributed by atoms with Gasteiger partial charge >= 0.3 is 12.2 Å². The van der Waals surface area contributed by atoms with Gasteiger partial charge in [-0.15, -0.1) is 11.3 Å². The van der Waals surface area contributed by atoms with Crippen LogP contribution >= 0.6 is 11.3 Å². The van der Waals surface area contributed by atoms with E-state index in [1.165, 1.54) is 0 Å². The normalized spacial score (nSPS) is 15.8. The van der Waals surface area contributed by atoms with E-state index in [0.717, 1.165) is 33.7 Å². The van der Waals surface area contributed by atoms with Crippen molar-refractivity contribution in [1.82, 2.24) is 20.2 Å². The number of halogens is 3. The van der Waals surface area contributed by atoms with Crippen molar-refractivity contribution in [3.05, 3.63) is 45.2 Å². The highest BCUT2D eigenvalue weighted by molar-refractivity contribution is 7.09. The number of aromatic nitrogens is 2. The lowest BCUT2D eigenvalue weighted by Crippen LogP contribution is -2.43. The number of rotatable bonds is 3. The highest BCUT2D eigenvalue weighted by Gasteiger charge is 2.35. The smallest absolute Gasteiger partial charge is 0.334 e. The molecule has 27 heavy (non-hydrogen) atoms. The summed E-state index contributed by atoms with van der Waals surface area (Å²) in [4.78, 5) is 22.1. The third-order valence-electron chi connectivity index (χ3n) is 4.53. The molecule has 0 aliphatic carbocycles. The number of nitrogens with zero attached hydrogens (tertiary/aromatic N) is 3. The van der Waals surface area contributed by atoms with Gasteiger partial charge in [-0.05, 0) is 44.4 Å². The Kier molecular flexibility index (Phi) is 5.69. The van der Waals surface area contributed by atoms with Gasteiger partial charge in [0.15, 0.2) is 5.69 Å². The van der Waals surface area contributed by atoms with E-state index in [-0.39, 0.29) is 11.9 Å². The van der Waals surface area contributed by atoms with Crippen molar-refractivity contribution in [2.45, 2.75) is 45.3 Å². The molecule has 2 aromatic rings. The molecular formula is C18H21F3N4OS. The summed E-state index contributed by atoms with van der Waals surface area (Å²) in [5, 5.41) is 4.47. The van der Waals surface area contributed by atoms with Gasteiger partial charge in [0.05, 0.1) is 5.01 Å². The van der Waals surface area contributed by atoms with Crippen LogP contribution in [0, 0.1) is 13.8 Å². The first-order valence-electron chi connectivity index (χ1n) is 8.72. The number of carbonyl (C=O) groups excluding carboxylic acids is 1. The van der Waals surface area contributed by atoms with Crippen LogP contribution in [0.2, 0.25) is 0 Å². The molecule has 2 amide bonds. The molecule has 3 heterocycles. The number of likely N-dealkylation sites (tertiary alicyclic amines) is 1. The Bertz CT molecular complexity index is 793. The second kappa shape index (κ2) is 7.84. The molecule has 0 spiro atoms. The van der Waals surface area contributed by atoms with E-state index >= 15 is 0 Å². The predicted molar refractivity (Wildman–Crippen MR) is 96.6 cm³/mol. The second-order valence-corrected chi connectivity index (χ2v) is 7.64. The van der Waals surface area contributed by atoms with Crippen LogP contribution in [-0.2, 0) is 12.7 Å². The molecule has 1 saturated heterocycles. The van der Waals surface area contributed by atoms with Gasteiger partial charge in [-0.1, -0.05) is 0 Å². The summed E-state index contributed by atoms with van der Waals surface area (Å²) in [7, 11) is 0. The minimum Gasteiger partial charge on any atom is -0.334 e. The average molecular weight is 398 g/mol. The second-order valence-electron chi connectivity index (χ2n) is 6.75. The van der Waals surface area contributed by atoms with Gasteiger partial charge in [0, 0.05) is 42.3 Å². The molecule has 0 radical (unpaired) electrons. The van der Waals surface area contributed by atoms with E-state index in [2.05, 4.69) is 15.3 Å². The molecule has 0 saturated carbocycles. The van der Waals surface area contributed by atoms with Crippen LogP contribution in [0.25, 0.3) is 0 Å². The number of thiazole rings is 1. The zero-order valence-corrected chi connectivity index (χ0v) is 16.0. The van der Waals surface area contributed by atoms with Crippen molar-refractivity contribution in [2.75, 3.05) is 13.1 Å². The Morgan fingerprint density at radius 3 is 2.41 bits per heavy atom. The van der Waals surface area contributed by atoms with Crippen molar-refractivity contribution in [3.63, 3.8) is 0 Å². The molecule has 3 rings (SSSR count). The maximum Gasteiger partial charge on any atom is 0.434 e. The summed E-state index contributed by atoms with van der Waals surface area (Å²) >= 11 is 1.05. The Balaban J connectivity index is 1.51. The number of amides is 2. The SMILES string of the molecule is Cc1cc(CNC(=O)N2CCC(c3nc(C(F)(F)F)cs3)CC2)cc(C)n1. The number of urea groups is 1. The van der Waals surface area contributed by atoms with Gasteiger partial charge in [-0.25, -0.2) is 9.78 Å². The fourth-order valence-corrected chi connectivity index (χ4v) is 4.25. The van der Waals surface area contributed by atoms with E-state index in [1.807, 2.05) is 26.0 Å². The van der Waals surface area contributed by atoms with Crippen LogP contribution in [-0.4, -0.2) is 34.0 Å². The lowest BCUT2D eigenvalue weighted by atomic mass is 9.98. The molecule has 146 valence electrons. The maximum atomic E-state index is 12.7. The molecule has 9 heteroatoms. The van der Waals surface area contributed by atoms with Crippen molar-refractivity contribution >= 4 is 17.4 Å². The zero-order valence-electron chi connectivity index (χ0n) is 15.1. The summed E-state index contributed by atoms with van der Waals surface area (Å²) in [6.07, 6.45) is -3.17. The lowest BCUT2D eigenvalue weighted by molar-refractivity contribution is -0.140. The number of nitrogens with one attached hydrogen (secondary N) is 1. The van der Waals surface area contributed by atoms with Crippen LogP contribution in [0.15, 0.2) is 17.5 Å². The molecule has 5 nitrogen and oxygen atoms in total. The fourth-order valence-electron chi connectivity index (χ4n) is 3.25. The average Bonchev–Trinajstić information content (AvgIpc) is 3.09. The molecule has 1 N–H and O–H groups in total. The summed E-state index contributed by atoms with van der Waals surface area (Å²) in [5.74, 6) is -0.0272. The predicted octanol–water partition coefficient (Wildman–Crippen LogP) is 4.26. The topological polar surface area (TPSA) is 58.1 Å². The highest BCUT2D eigenvalue weighted by atomic mass is 32.1.